The van der Waals surface area contributed by atoms with Gasteiger partial charge in [0.1, 0.15) is 11.2 Å². The van der Waals surface area contributed by atoms with E-state index in [9.17, 15) is 0 Å². The highest BCUT2D eigenvalue weighted by Gasteiger charge is 2.23. The van der Waals surface area contributed by atoms with Crippen LogP contribution in [0.5, 0.6) is 0 Å². The third-order valence-corrected chi connectivity index (χ3v) is 14.6. The van der Waals surface area contributed by atoms with E-state index in [1.54, 1.807) is 0 Å². The lowest BCUT2D eigenvalue weighted by Crippen LogP contribution is -2.10. The molecule has 5 nitrogen and oxygen atoms in total. The van der Waals surface area contributed by atoms with Gasteiger partial charge >= 0.3 is 0 Å². The first-order chi connectivity index (χ1) is 35.2. The average molecular weight is 907 g/mol. The molecule has 0 saturated heterocycles. The van der Waals surface area contributed by atoms with Crippen LogP contribution in [-0.2, 0) is 0 Å². The van der Waals surface area contributed by atoms with Crippen molar-refractivity contribution in [1.82, 2.24) is 13.7 Å². The van der Waals surface area contributed by atoms with Gasteiger partial charge in [0, 0.05) is 66.4 Å². The van der Waals surface area contributed by atoms with Crippen LogP contribution in [0, 0.1) is 0 Å². The summed E-state index contributed by atoms with van der Waals surface area (Å²) in [4.78, 5) is 2.33. The van der Waals surface area contributed by atoms with Gasteiger partial charge in [-0.3, -0.25) is 0 Å². The van der Waals surface area contributed by atoms with E-state index < -0.39 is 0 Å². The summed E-state index contributed by atoms with van der Waals surface area (Å²) in [5.74, 6) is 0. The van der Waals surface area contributed by atoms with Crippen molar-refractivity contribution in [2.45, 2.75) is 0 Å². The van der Waals surface area contributed by atoms with Crippen molar-refractivity contribution in [3.8, 4) is 28.2 Å². The van der Waals surface area contributed by atoms with Crippen molar-refractivity contribution in [3.05, 3.63) is 255 Å². The molecule has 15 rings (SSSR count). The van der Waals surface area contributed by atoms with Crippen molar-refractivity contribution in [1.29, 1.82) is 0 Å². The zero-order chi connectivity index (χ0) is 46.6. The molecule has 0 aliphatic rings. The molecule has 4 heterocycles. The molecular weight excluding hydrogens is 865 g/mol. The third-order valence-electron chi connectivity index (χ3n) is 14.6. The molecule has 0 fully saturated rings. The molecule has 0 radical (unpaired) electrons. The second kappa shape index (κ2) is 15.5. The van der Waals surface area contributed by atoms with Crippen molar-refractivity contribution in [2.24, 2.45) is 0 Å². The Hall–Kier alpha value is -9.58. The van der Waals surface area contributed by atoms with Crippen molar-refractivity contribution < 1.29 is 4.42 Å². The summed E-state index contributed by atoms with van der Waals surface area (Å²) in [5.41, 5.74) is 17.6. The van der Waals surface area contributed by atoms with Crippen LogP contribution in [0.2, 0.25) is 0 Å². The zero-order valence-corrected chi connectivity index (χ0v) is 38.4. The molecule has 0 amide bonds. The molecule has 0 spiro atoms. The van der Waals surface area contributed by atoms with Crippen LogP contribution in [0.15, 0.2) is 259 Å². The van der Waals surface area contributed by atoms with Gasteiger partial charge in [-0.15, -0.1) is 0 Å². The Bertz CT molecular complexity index is 4500. The van der Waals surface area contributed by atoms with Gasteiger partial charge in [0.05, 0.1) is 43.9 Å². The summed E-state index contributed by atoms with van der Waals surface area (Å²) in [6, 6.07) is 91.8. The molecule has 4 aromatic heterocycles. The number of furan rings is 1. The maximum absolute atomic E-state index is 7.30. The topological polar surface area (TPSA) is 31.2 Å². The van der Waals surface area contributed by atoms with Gasteiger partial charge in [0.2, 0.25) is 0 Å². The highest BCUT2D eigenvalue weighted by Crippen LogP contribution is 2.46. The lowest BCUT2D eigenvalue weighted by Gasteiger charge is -2.26. The largest absolute Gasteiger partial charge is 0.455 e. The number of benzene rings is 11. The first-order valence-corrected chi connectivity index (χ1v) is 24.3. The number of hydrogen-bond acceptors (Lipinski definition) is 2. The van der Waals surface area contributed by atoms with E-state index in [0.717, 1.165) is 99.7 Å². The number of fused-ring (bicyclic) bond motifs is 14. The molecule has 0 bridgehead atoms. The third kappa shape index (κ3) is 5.93. The Labute approximate surface area is 408 Å². The van der Waals surface area contributed by atoms with Gasteiger partial charge in [-0.2, -0.15) is 0 Å². The molecule has 5 heteroatoms. The molecule has 0 aliphatic carbocycles. The number of rotatable bonds is 7. The van der Waals surface area contributed by atoms with Gasteiger partial charge in [0.15, 0.2) is 0 Å². The van der Waals surface area contributed by atoms with Gasteiger partial charge in [-0.05, 0) is 132 Å². The van der Waals surface area contributed by atoms with Crippen LogP contribution in [0.25, 0.3) is 116 Å². The van der Waals surface area contributed by atoms with Crippen LogP contribution in [0.1, 0.15) is 0 Å². The van der Waals surface area contributed by atoms with Crippen LogP contribution < -0.4 is 4.90 Å². The molecule has 0 aliphatic heterocycles. The molecule has 0 atom stereocenters. The summed E-state index contributed by atoms with van der Waals surface area (Å²) in [6.45, 7) is 0. The Morgan fingerprint density at radius 2 is 0.634 bits per heavy atom. The molecule has 15 aromatic rings. The fourth-order valence-electron chi connectivity index (χ4n) is 11.5. The van der Waals surface area contributed by atoms with E-state index in [1.165, 1.54) is 32.9 Å². The van der Waals surface area contributed by atoms with Gasteiger partial charge in [-0.1, -0.05) is 133 Å². The Kier molecular flexibility index (Phi) is 8.59. The second-order valence-electron chi connectivity index (χ2n) is 18.5. The highest BCUT2D eigenvalue weighted by molar-refractivity contribution is 6.29. The molecular formula is C66H42N4O. The molecule has 71 heavy (non-hydrogen) atoms. The van der Waals surface area contributed by atoms with E-state index in [-0.39, 0.29) is 0 Å². The van der Waals surface area contributed by atoms with Crippen molar-refractivity contribution in [3.63, 3.8) is 0 Å². The summed E-state index contributed by atoms with van der Waals surface area (Å²) >= 11 is 0. The monoisotopic (exact) mass is 906 g/mol. The van der Waals surface area contributed by atoms with Gasteiger partial charge in [0.25, 0.3) is 0 Å². The molecule has 0 unspecified atom stereocenters. The predicted octanol–water partition coefficient (Wildman–Crippen LogP) is 18.0. The van der Waals surface area contributed by atoms with E-state index >= 15 is 0 Å². The van der Waals surface area contributed by atoms with Crippen LogP contribution in [0.3, 0.4) is 0 Å². The minimum atomic E-state index is 0.900. The number of hydrogen-bond donors (Lipinski definition) is 0. The summed E-state index contributed by atoms with van der Waals surface area (Å²) in [6.07, 6.45) is 0. The van der Waals surface area contributed by atoms with Gasteiger partial charge in [-0.25, -0.2) is 0 Å². The normalized spacial score (nSPS) is 11.9. The van der Waals surface area contributed by atoms with Gasteiger partial charge < -0.3 is 23.0 Å². The minimum absolute atomic E-state index is 0.900. The smallest absolute Gasteiger partial charge is 0.145 e. The molecule has 332 valence electrons. The van der Waals surface area contributed by atoms with Crippen LogP contribution in [-0.4, -0.2) is 13.7 Å². The SMILES string of the molecule is c1ccc(-c2cccc(N(c3ccccc3)c3ccc(-n4c5ccccc5c5c6oc7c(ccc8c7c7ccccc7n8-c7ccc(-n8c9ccccc9c9ccccc98)cc7)c6ccc54)cc3)c2)cc1. The van der Waals surface area contributed by atoms with E-state index in [2.05, 4.69) is 273 Å². The lowest BCUT2D eigenvalue weighted by atomic mass is 10.0. The zero-order valence-electron chi connectivity index (χ0n) is 38.4. The van der Waals surface area contributed by atoms with Crippen molar-refractivity contribution >= 4 is 104 Å². The fourth-order valence-corrected chi connectivity index (χ4v) is 11.5. The summed E-state index contributed by atoms with van der Waals surface area (Å²) < 4.78 is 14.4. The first-order valence-electron chi connectivity index (χ1n) is 24.3. The molecule has 0 saturated carbocycles. The molecule has 11 aromatic carbocycles. The minimum Gasteiger partial charge on any atom is -0.455 e. The van der Waals surface area contributed by atoms with E-state index in [4.69, 9.17) is 4.42 Å². The van der Waals surface area contributed by atoms with E-state index in [0.29, 0.717) is 0 Å². The lowest BCUT2D eigenvalue weighted by molar-refractivity contribution is 0.677. The first kappa shape index (κ1) is 39.4. The number of anilines is 3. The summed E-state index contributed by atoms with van der Waals surface area (Å²) in [5, 5.41) is 9.27. The maximum Gasteiger partial charge on any atom is 0.145 e. The number of aromatic nitrogens is 3. The Morgan fingerprint density at radius 1 is 0.254 bits per heavy atom. The van der Waals surface area contributed by atoms with Crippen LogP contribution >= 0.6 is 0 Å². The quantitative estimate of drug-likeness (QED) is 0.160. The molecule has 0 N–H and O–H groups in total. The Balaban J connectivity index is 0.867. The number of para-hydroxylation sites is 5. The number of nitrogens with zero attached hydrogens (tertiary/aromatic N) is 4. The standard InChI is InChI=1S/C66H42N4O/c1-3-16-43(17-4-1)44-18-15-21-50(42-44)67(45-19-5-2-6-20-45)46-30-32-48(33-31-46)69-59-28-13-9-24-55(59)63-61(69)40-38-53-54-39-41-62-64(66(54)71-65(53)63)56-25-10-14-29-60(56)70(62)49-36-34-47(35-37-49)68-57-26-11-7-22-51(57)52-23-8-12-27-58(52)68/h1-42H. The maximum atomic E-state index is 7.30. The summed E-state index contributed by atoms with van der Waals surface area (Å²) in [7, 11) is 0. The fraction of sp³-hybridized carbons (Fsp3) is 0. The van der Waals surface area contributed by atoms with Crippen LogP contribution in [0.4, 0.5) is 17.1 Å². The predicted molar refractivity (Wildman–Crippen MR) is 297 cm³/mol. The Morgan fingerprint density at radius 3 is 1.15 bits per heavy atom. The second-order valence-corrected chi connectivity index (χ2v) is 18.5. The van der Waals surface area contributed by atoms with E-state index in [1.807, 2.05) is 0 Å². The average Bonchev–Trinajstić information content (AvgIpc) is 4.18. The highest BCUT2D eigenvalue weighted by atomic mass is 16.3. The van der Waals surface area contributed by atoms with Crippen molar-refractivity contribution in [2.75, 3.05) is 4.90 Å².